The van der Waals surface area contributed by atoms with Crippen LogP contribution < -0.4 is 0 Å². The van der Waals surface area contributed by atoms with Crippen LogP contribution in [0.1, 0.15) is 31.1 Å². The predicted molar refractivity (Wildman–Crippen MR) is 97.3 cm³/mol. The first-order valence-corrected chi connectivity index (χ1v) is 7.79. The van der Waals surface area contributed by atoms with Crippen molar-refractivity contribution in [3.63, 3.8) is 0 Å². The summed E-state index contributed by atoms with van der Waals surface area (Å²) in [6.07, 6.45) is 3.74. The summed E-state index contributed by atoms with van der Waals surface area (Å²) in [5, 5.41) is 2.07. The van der Waals surface area contributed by atoms with Crippen LogP contribution in [0.25, 0.3) is 10.8 Å². The molecule has 0 aliphatic heterocycles. The predicted octanol–water partition coefficient (Wildman–Crippen LogP) is 4.52. The van der Waals surface area contributed by atoms with Crippen LogP contribution in [0, 0.1) is 17.3 Å². The highest BCUT2D eigenvalue weighted by Gasteiger charge is 2.13. The monoisotopic (exact) mass is 305 g/mol. The SMILES string of the molecule is CN(C/C=C/C#CC(C)(C)C)C(=O)c1cccc2ccccc12. The molecule has 0 unspecified atom stereocenters. The van der Waals surface area contributed by atoms with Gasteiger partial charge in [-0.1, -0.05) is 54.3 Å². The van der Waals surface area contributed by atoms with Gasteiger partial charge in [-0.2, -0.15) is 0 Å². The van der Waals surface area contributed by atoms with Crippen LogP contribution in [-0.4, -0.2) is 24.4 Å². The first kappa shape index (κ1) is 16.8. The fourth-order valence-corrected chi connectivity index (χ4v) is 2.23. The summed E-state index contributed by atoms with van der Waals surface area (Å²) >= 11 is 0. The molecule has 2 heteroatoms. The van der Waals surface area contributed by atoms with Crippen molar-refractivity contribution in [1.82, 2.24) is 4.90 Å². The van der Waals surface area contributed by atoms with E-state index in [9.17, 15) is 4.79 Å². The van der Waals surface area contributed by atoms with Gasteiger partial charge in [0.1, 0.15) is 0 Å². The summed E-state index contributed by atoms with van der Waals surface area (Å²) in [6.45, 7) is 6.76. The average Bonchev–Trinajstić information content (AvgIpc) is 2.52. The van der Waals surface area contributed by atoms with Crippen molar-refractivity contribution in [2.24, 2.45) is 5.41 Å². The minimum Gasteiger partial charge on any atom is -0.338 e. The quantitative estimate of drug-likeness (QED) is 0.764. The molecule has 0 heterocycles. The number of benzene rings is 2. The Morgan fingerprint density at radius 1 is 1.13 bits per heavy atom. The van der Waals surface area contributed by atoms with Gasteiger partial charge in [-0.25, -0.2) is 0 Å². The van der Waals surface area contributed by atoms with Crippen LogP contribution in [0.4, 0.5) is 0 Å². The average molecular weight is 305 g/mol. The van der Waals surface area contributed by atoms with E-state index in [1.807, 2.05) is 61.7 Å². The zero-order valence-electron chi connectivity index (χ0n) is 14.3. The van der Waals surface area contributed by atoms with Crippen molar-refractivity contribution < 1.29 is 4.79 Å². The molecule has 2 aromatic rings. The summed E-state index contributed by atoms with van der Waals surface area (Å²) in [6, 6.07) is 13.8. The fraction of sp³-hybridized carbons (Fsp3) is 0.286. The standard InChI is InChI=1S/C21H23NO/c1-21(2,3)15-8-5-9-16-22(4)20(23)19-14-10-12-17-11-6-7-13-18(17)19/h5-7,9-14H,16H2,1-4H3/b9-5+. The molecule has 0 saturated carbocycles. The largest absolute Gasteiger partial charge is 0.338 e. The Bertz CT molecular complexity index is 779. The van der Waals surface area contributed by atoms with Gasteiger partial charge < -0.3 is 4.90 Å². The fourth-order valence-electron chi connectivity index (χ4n) is 2.23. The number of rotatable bonds is 3. The van der Waals surface area contributed by atoms with E-state index in [2.05, 4.69) is 32.6 Å². The van der Waals surface area contributed by atoms with E-state index in [0.717, 1.165) is 16.3 Å². The third-order valence-corrected chi connectivity index (χ3v) is 3.39. The van der Waals surface area contributed by atoms with Gasteiger partial charge in [0.05, 0.1) is 0 Å². The highest BCUT2D eigenvalue weighted by molar-refractivity contribution is 6.06. The van der Waals surface area contributed by atoms with Crippen molar-refractivity contribution in [3.8, 4) is 11.8 Å². The summed E-state index contributed by atoms with van der Waals surface area (Å²) in [4.78, 5) is 14.3. The zero-order chi connectivity index (χ0) is 16.9. The lowest BCUT2D eigenvalue weighted by Crippen LogP contribution is -2.26. The Hall–Kier alpha value is -2.53. The molecular weight excluding hydrogens is 282 g/mol. The minimum absolute atomic E-state index is 0.00495. The number of carbonyl (C=O) groups is 1. The Morgan fingerprint density at radius 2 is 1.83 bits per heavy atom. The molecule has 0 bridgehead atoms. The lowest BCUT2D eigenvalue weighted by Gasteiger charge is -2.16. The minimum atomic E-state index is -0.00495. The van der Waals surface area contributed by atoms with Gasteiger partial charge in [-0.3, -0.25) is 4.79 Å². The molecule has 0 radical (unpaired) electrons. The smallest absolute Gasteiger partial charge is 0.254 e. The molecule has 2 aromatic carbocycles. The second-order valence-electron chi connectivity index (χ2n) is 6.63. The normalized spacial score (nSPS) is 11.3. The molecule has 0 N–H and O–H groups in total. The number of hydrogen-bond acceptors (Lipinski definition) is 1. The highest BCUT2D eigenvalue weighted by Crippen LogP contribution is 2.19. The third kappa shape index (κ3) is 4.72. The van der Waals surface area contributed by atoms with Crippen molar-refractivity contribution in [3.05, 3.63) is 60.2 Å². The third-order valence-electron chi connectivity index (χ3n) is 3.39. The van der Waals surface area contributed by atoms with E-state index < -0.39 is 0 Å². The van der Waals surface area contributed by atoms with Crippen molar-refractivity contribution in [2.75, 3.05) is 13.6 Å². The first-order chi connectivity index (χ1) is 10.9. The summed E-state index contributed by atoms with van der Waals surface area (Å²) < 4.78 is 0. The van der Waals surface area contributed by atoms with Crippen molar-refractivity contribution >= 4 is 16.7 Å². The molecule has 1 amide bonds. The molecule has 0 aliphatic carbocycles. The second kappa shape index (κ2) is 7.15. The molecule has 0 fully saturated rings. The number of nitrogens with zero attached hydrogens (tertiary/aromatic N) is 1. The summed E-state index contributed by atoms with van der Waals surface area (Å²) in [5.41, 5.74) is 0.731. The van der Waals surface area contributed by atoms with Crippen LogP contribution in [0.15, 0.2) is 54.6 Å². The lowest BCUT2D eigenvalue weighted by molar-refractivity contribution is 0.0812. The van der Waals surface area contributed by atoms with Crippen molar-refractivity contribution in [1.29, 1.82) is 0 Å². The molecule has 0 saturated heterocycles. The molecule has 0 spiro atoms. The first-order valence-electron chi connectivity index (χ1n) is 7.79. The molecule has 2 rings (SSSR count). The van der Waals surface area contributed by atoms with Crippen molar-refractivity contribution in [2.45, 2.75) is 20.8 Å². The van der Waals surface area contributed by atoms with E-state index in [4.69, 9.17) is 0 Å². The molecule has 0 aliphatic rings. The molecule has 0 atom stereocenters. The van der Waals surface area contributed by atoms with Crippen LogP contribution in [0.3, 0.4) is 0 Å². The number of carbonyl (C=O) groups excluding carboxylic acids is 1. The number of likely N-dealkylation sites (N-methyl/N-ethyl adjacent to an activating group) is 1. The van der Waals surface area contributed by atoms with Gasteiger partial charge in [0.2, 0.25) is 0 Å². The van der Waals surface area contributed by atoms with Crippen LogP contribution in [-0.2, 0) is 0 Å². The van der Waals surface area contributed by atoms with E-state index in [1.165, 1.54) is 0 Å². The lowest BCUT2D eigenvalue weighted by atomic mass is 9.98. The Kier molecular flexibility index (Phi) is 5.24. The van der Waals surface area contributed by atoms with Gasteiger partial charge in [0.25, 0.3) is 5.91 Å². The summed E-state index contributed by atoms with van der Waals surface area (Å²) in [5.74, 6) is 6.18. The van der Waals surface area contributed by atoms with E-state index in [1.54, 1.807) is 4.90 Å². The van der Waals surface area contributed by atoms with Gasteiger partial charge in [-0.05, 0) is 43.7 Å². The Balaban J connectivity index is 2.10. The molecule has 2 nitrogen and oxygen atoms in total. The van der Waals surface area contributed by atoms with Crippen LogP contribution in [0.5, 0.6) is 0 Å². The number of hydrogen-bond donors (Lipinski definition) is 0. The maximum absolute atomic E-state index is 12.6. The molecule has 0 aromatic heterocycles. The summed E-state index contributed by atoms with van der Waals surface area (Å²) in [7, 11) is 1.81. The Morgan fingerprint density at radius 3 is 2.57 bits per heavy atom. The number of allylic oxidation sites excluding steroid dienone is 1. The maximum Gasteiger partial charge on any atom is 0.254 e. The van der Waals surface area contributed by atoms with E-state index in [-0.39, 0.29) is 11.3 Å². The van der Waals surface area contributed by atoms with Crippen LogP contribution in [0.2, 0.25) is 0 Å². The van der Waals surface area contributed by atoms with Gasteiger partial charge in [0, 0.05) is 24.6 Å². The zero-order valence-corrected chi connectivity index (χ0v) is 14.3. The number of amides is 1. The van der Waals surface area contributed by atoms with Gasteiger partial charge in [-0.15, -0.1) is 0 Å². The maximum atomic E-state index is 12.6. The molecule has 118 valence electrons. The molecule has 23 heavy (non-hydrogen) atoms. The van der Waals surface area contributed by atoms with E-state index in [0.29, 0.717) is 6.54 Å². The topological polar surface area (TPSA) is 20.3 Å². The van der Waals surface area contributed by atoms with Gasteiger partial charge >= 0.3 is 0 Å². The highest BCUT2D eigenvalue weighted by atomic mass is 16.2. The van der Waals surface area contributed by atoms with Crippen LogP contribution >= 0.6 is 0 Å². The van der Waals surface area contributed by atoms with Gasteiger partial charge in [0.15, 0.2) is 0 Å². The Labute approximate surface area is 138 Å². The molecular formula is C21H23NO. The van der Waals surface area contributed by atoms with E-state index >= 15 is 0 Å². The second-order valence-corrected chi connectivity index (χ2v) is 6.63. The number of fused-ring (bicyclic) bond motifs is 1.